The molecule has 1 aromatic carbocycles. The Hall–Kier alpha value is -1.38. The number of likely N-dealkylation sites (N-methyl/N-ethyl adjacent to an activating group) is 1. The third-order valence-corrected chi connectivity index (χ3v) is 2.44. The van der Waals surface area contributed by atoms with Crippen LogP contribution in [0, 0.1) is 6.92 Å². The van der Waals surface area contributed by atoms with Crippen LogP contribution in [0.4, 0.5) is 11.4 Å². The van der Waals surface area contributed by atoms with E-state index in [4.69, 9.17) is 10.5 Å². The normalized spacial score (nSPS) is 15.1. The molecule has 1 aliphatic heterocycles. The summed E-state index contributed by atoms with van der Waals surface area (Å²) in [5, 5.41) is 0. The second-order valence-corrected chi connectivity index (χ2v) is 3.45. The van der Waals surface area contributed by atoms with Crippen molar-refractivity contribution in [3.63, 3.8) is 0 Å². The van der Waals surface area contributed by atoms with Crippen LogP contribution < -0.4 is 15.4 Å². The van der Waals surface area contributed by atoms with Gasteiger partial charge in [0.05, 0.1) is 12.2 Å². The van der Waals surface area contributed by atoms with Crippen molar-refractivity contribution in [2.45, 2.75) is 6.92 Å². The second kappa shape index (κ2) is 2.83. The van der Waals surface area contributed by atoms with E-state index in [1.54, 1.807) is 0 Å². The van der Waals surface area contributed by atoms with Gasteiger partial charge in [-0.2, -0.15) is 0 Å². The van der Waals surface area contributed by atoms with Crippen LogP contribution in [0.5, 0.6) is 5.75 Å². The molecule has 0 radical (unpaired) electrons. The highest BCUT2D eigenvalue weighted by atomic mass is 16.5. The number of aryl methyl sites for hydroxylation is 1. The first-order chi connectivity index (χ1) is 6.18. The van der Waals surface area contributed by atoms with E-state index in [0.29, 0.717) is 0 Å². The fourth-order valence-corrected chi connectivity index (χ4v) is 1.51. The lowest BCUT2D eigenvalue weighted by molar-refractivity contribution is 0.311. The molecule has 1 aromatic rings. The van der Waals surface area contributed by atoms with Crippen molar-refractivity contribution < 1.29 is 4.74 Å². The highest BCUT2D eigenvalue weighted by Gasteiger charge is 2.15. The van der Waals surface area contributed by atoms with Gasteiger partial charge in [-0.1, -0.05) is 0 Å². The molecular weight excluding hydrogens is 164 g/mol. The summed E-state index contributed by atoms with van der Waals surface area (Å²) < 4.78 is 5.53. The van der Waals surface area contributed by atoms with E-state index in [1.165, 1.54) is 0 Å². The summed E-state index contributed by atoms with van der Waals surface area (Å²) in [6.07, 6.45) is 0. The molecule has 0 saturated carbocycles. The molecule has 0 unspecified atom stereocenters. The number of anilines is 2. The summed E-state index contributed by atoms with van der Waals surface area (Å²) in [6.45, 7) is 3.68. The first-order valence-electron chi connectivity index (χ1n) is 4.42. The predicted molar refractivity (Wildman–Crippen MR) is 54.4 cm³/mol. The van der Waals surface area contributed by atoms with Crippen LogP contribution in [0.1, 0.15) is 5.56 Å². The molecule has 1 heterocycles. The fourth-order valence-electron chi connectivity index (χ4n) is 1.51. The molecule has 1 aliphatic rings. The molecule has 2 rings (SSSR count). The number of nitrogens with zero attached hydrogens (tertiary/aromatic N) is 1. The number of fused-ring (bicyclic) bond motifs is 1. The molecule has 70 valence electrons. The summed E-state index contributed by atoms with van der Waals surface area (Å²) >= 11 is 0. The maximum atomic E-state index is 5.82. The maximum Gasteiger partial charge on any atom is 0.143 e. The maximum absolute atomic E-state index is 5.82. The zero-order chi connectivity index (χ0) is 9.42. The zero-order valence-corrected chi connectivity index (χ0v) is 8.00. The van der Waals surface area contributed by atoms with Gasteiger partial charge in [0.2, 0.25) is 0 Å². The smallest absolute Gasteiger partial charge is 0.143 e. The van der Waals surface area contributed by atoms with Crippen LogP contribution in [0.15, 0.2) is 12.1 Å². The molecule has 0 bridgehead atoms. The molecule has 3 heteroatoms. The summed E-state index contributed by atoms with van der Waals surface area (Å²) in [6, 6.07) is 3.98. The van der Waals surface area contributed by atoms with Crippen molar-refractivity contribution in [2.75, 3.05) is 30.8 Å². The van der Waals surface area contributed by atoms with Crippen LogP contribution in [0.3, 0.4) is 0 Å². The van der Waals surface area contributed by atoms with Crippen LogP contribution in [-0.4, -0.2) is 20.2 Å². The van der Waals surface area contributed by atoms with E-state index in [0.717, 1.165) is 35.8 Å². The molecule has 0 aliphatic carbocycles. The van der Waals surface area contributed by atoms with Gasteiger partial charge in [0, 0.05) is 12.7 Å². The van der Waals surface area contributed by atoms with Crippen molar-refractivity contribution in [3.05, 3.63) is 17.7 Å². The third-order valence-electron chi connectivity index (χ3n) is 2.44. The molecule has 0 saturated heterocycles. The largest absolute Gasteiger partial charge is 0.490 e. The van der Waals surface area contributed by atoms with E-state index < -0.39 is 0 Å². The van der Waals surface area contributed by atoms with Gasteiger partial charge in [-0.3, -0.25) is 0 Å². The van der Waals surface area contributed by atoms with Gasteiger partial charge in [0.15, 0.2) is 0 Å². The highest BCUT2D eigenvalue weighted by Crippen LogP contribution is 2.34. The Labute approximate surface area is 78.1 Å². The summed E-state index contributed by atoms with van der Waals surface area (Å²) in [7, 11) is 2.05. The van der Waals surface area contributed by atoms with Crippen molar-refractivity contribution >= 4 is 11.4 Å². The number of benzene rings is 1. The van der Waals surface area contributed by atoms with Crippen molar-refractivity contribution in [2.24, 2.45) is 0 Å². The van der Waals surface area contributed by atoms with Gasteiger partial charge < -0.3 is 15.4 Å². The van der Waals surface area contributed by atoms with E-state index in [-0.39, 0.29) is 0 Å². The topological polar surface area (TPSA) is 38.5 Å². The highest BCUT2D eigenvalue weighted by molar-refractivity contribution is 5.68. The molecular formula is C10H14N2O. The van der Waals surface area contributed by atoms with Crippen LogP contribution in [0.25, 0.3) is 0 Å². The van der Waals surface area contributed by atoms with Gasteiger partial charge in [-0.25, -0.2) is 0 Å². The first-order valence-corrected chi connectivity index (χ1v) is 4.42. The minimum absolute atomic E-state index is 0.757. The molecule has 0 spiro atoms. The standard InChI is InChI=1S/C10H14N2O/c1-7-5-10-9(6-8(7)11)12(2)3-4-13-10/h5-6H,3-4,11H2,1-2H3. The Bertz CT molecular complexity index is 336. The Balaban J connectivity index is 2.52. The van der Waals surface area contributed by atoms with E-state index >= 15 is 0 Å². The Morgan fingerprint density at radius 3 is 3.00 bits per heavy atom. The molecule has 0 atom stereocenters. The first kappa shape index (κ1) is 8.23. The monoisotopic (exact) mass is 178 g/mol. The van der Waals surface area contributed by atoms with Crippen molar-refractivity contribution in [1.82, 2.24) is 0 Å². The van der Waals surface area contributed by atoms with E-state index in [9.17, 15) is 0 Å². The lowest BCUT2D eigenvalue weighted by atomic mass is 10.1. The molecule has 2 N–H and O–H groups in total. The number of hydrogen-bond donors (Lipinski definition) is 1. The number of ether oxygens (including phenoxy) is 1. The Morgan fingerprint density at radius 2 is 2.23 bits per heavy atom. The lowest BCUT2D eigenvalue weighted by Crippen LogP contribution is -2.28. The second-order valence-electron chi connectivity index (χ2n) is 3.45. The van der Waals surface area contributed by atoms with Crippen LogP contribution in [0.2, 0.25) is 0 Å². The lowest BCUT2D eigenvalue weighted by Gasteiger charge is -2.28. The Morgan fingerprint density at radius 1 is 1.46 bits per heavy atom. The van der Waals surface area contributed by atoms with Crippen molar-refractivity contribution in [1.29, 1.82) is 0 Å². The average molecular weight is 178 g/mol. The van der Waals surface area contributed by atoms with Crippen LogP contribution in [-0.2, 0) is 0 Å². The van der Waals surface area contributed by atoms with Gasteiger partial charge in [0.1, 0.15) is 12.4 Å². The fraction of sp³-hybridized carbons (Fsp3) is 0.400. The van der Waals surface area contributed by atoms with Gasteiger partial charge in [-0.05, 0) is 24.6 Å². The Kier molecular flexibility index (Phi) is 1.79. The molecule has 0 fully saturated rings. The van der Waals surface area contributed by atoms with Crippen LogP contribution >= 0.6 is 0 Å². The number of rotatable bonds is 0. The molecule has 3 nitrogen and oxygen atoms in total. The SMILES string of the molecule is Cc1cc2c(cc1N)N(C)CCO2. The van der Waals surface area contributed by atoms with E-state index in [2.05, 4.69) is 11.9 Å². The van der Waals surface area contributed by atoms with E-state index in [1.807, 2.05) is 19.1 Å². The van der Waals surface area contributed by atoms with Gasteiger partial charge >= 0.3 is 0 Å². The third kappa shape index (κ3) is 1.30. The minimum Gasteiger partial charge on any atom is -0.490 e. The zero-order valence-electron chi connectivity index (χ0n) is 8.00. The summed E-state index contributed by atoms with van der Waals surface area (Å²) in [5.41, 5.74) is 8.82. The van der Waals surface area contributed by atoms with Crippen molar-refractivity contribution in [3.8, 4) is 5.75 Å². The quantitative estimate of drug-likeness (QED) is 0.610. The number of hydrogen-bond acceptors (Lipinski definition) is 3. The minimum atomic E-state index is 0.757. The molecule has 0 amide bonds. The summed E-state index contributed by atoms with van der Waals surface area (Å²) in [4.78, 5) is 2.16. The summed E-state index contributed by atoms with van der Waals surface area (Å²) in [5.74, 6) is 0.945. The number of nitrogen functional groups attached to an aromatic ring is 1. The average Bonchev–Trinajstić information content (AvgIpc) is 2.09. The number of nitrogens with two attached hydrogens (primary N) is 1. The molecule has 13 heavy (non-hydrogen) atoms. The van der Waals surface area contributed by atoms with Gasteiger partial charge in [-0.15, -0.1) is 0 Å². The van der Waals surface area contributed by atoms with Gasteiger partial charge in [0.25, 0.3) is 0 Å². The molecule has 0 aromatic heterocycles. The predicted octanol–water partition coefficient (Wildman–Crippen LogP) is 1.41.